The van der Waals surface area contributed by atoms with Gasteiger partial charge in [-0.2, -0.15) is 0 Å². The standard InChI is InChI=1S/C28H39N3O3/c1-17(2)15-31(16-18(3)4)23-13-10-20(24-25(26(32)33)28(24,6)7)14-22(23)30-27(34)29-21-11-8-19(5)9-12-21/h8-14,17-18,24-25H,15-16H2,1-7H3,(H,32,33)(H2,29,30,34)/t24-,25+/m1/s1. The van der Waals surface area contributed by atoms with Crippen molar-refractivity contribution in [3.8, 4) is 0 Å². The van der Waals surface area contributed by atoms with Gasteiger partial charge in [-0.1, -0.05) is 65.3 Å². The van der Waals surface area contributed by atoms with Crippen LogP contribution in [0.4, 0.5) is 21.9 Å². The summed E-state index contributed by atoms with van der Waals surface area (Å²) in [5.41, 5.74) is 4.13. The van der Waals surface area contributed by atoms with E-state index >= 15 is 0 Å². The van der Waals surface area contributed by atoms with Crippen LogP contribution in [-0.4, -0.2) is 30.2 Å². The van der Waals surface area contributed by atoms with Gasteiger partial charge in [-0.25, -0.2) is 4.79 Å². The Kier molecular flexibility index (Phi) is 7.59. The fraction of sp³-hybridized carbons (Fsp3) is 0.500. The third-order valence-electron chi connectivity index (χ3n) is 6.54. The Morgan fingerprint density at radius 3 is 2.06 bits per heavy atom. The molecule has 0 spiro atoms. The molecule has 1 saturated carbocycles. The van der Waals surface area contributed by atoms with Crippen LogP contribution in [0, 0.1) is 30.1 Å². The third-order valence-corrected chi connectivity index (χ3v) is 6.54. The highest BCUT2D eigenvalue weighted by Crippen LogP contribution is 2.64. The molecule has 1 fully saturated rings. The number of nitrogens with zero attached hydrogens (tertiary/aromatic N) is 1. The van der Waals surface area contributed by atoms with E-state index in [-0.39, 0.29) is 17.4 Å². The second-order valence-corrected chi connectivity index (χ2v) is 11.0. The summed E-state index contributed by atoms with van der Waals surface area (Å²) in [5.74, 6) is -0.372. The largest absolute Gasteiger partial charge is 0.481 e. The lowest BCUT2D eigenvalue weighted by molar-refractivity contribution is -0.139. The predicted octanol–water partition coefficient (Wildman–Crippen LogP) is 6.58. The lowest BCUT2D eigenvalue weighted by Crippen LogP contribution is -2.32. The first-order chi connectivity index (χ1) is 15.9. The molecule has 1 aliphatic carbocycles. The molecule has 0 bridgehead atoms. The van der Waals surface area contributed by atoms with Crippen molar-refractivity contribution in [1.29, 1.82) is 0 Å². The van der Waals surface area contributed by atoms with Gasteiger partial charge in [-0.15, -0.1) is 0 Å². The van der Waals surface area contributed by atoms with Crippen LogP contribution in [0.15, 0.2) is 42.5 Å². The summed E-state index contributed by atoms with van der Waals surface area (Å²) in [7, 11) is 0. The second-order valence-electron chi connectivity index (χ2n) is 11.0. The minimum atomic E-state index is -0.771. The number of hydrogen-bond donors (Lipinski definition) is 3. The van der Waals surface area contributed by atoms with Crippen molar-refractivity contribution in [2.24, 2.45) is 23.2 Å². The van der Waals surface area contributed by atoms with Gasteiger partial charge in [-0.05, 0) is 54.0 Å². The first kappa shape index (κ1) is 25.6. The monoisotopic (exact) mass is 465 g/mol. The molecule has 2 aromatic carbocycles. The Hall–Kier alpha value is -3.02. The summed E-state index contributed by atoms with van der Waals surface area (Å²) < 4.78 is 0. The van der Waals surface area contributed by atoms with E-state index in [2.05, 4.69) is 43.2 Å². The lowest BCUT2D eigenvalue weighted by atomic mass is 10.0. The smallest absolute Gasteiger partial charge is 0.323 e. The predicted molar refractivity (Wildman–Crippen MR) is 140 cm³/mol. The number of carbonyl (C=O) groups is 2. The van der Waals surface area contributed by atoms with Gasteiger partial charge in [0.15, 0.2) is 0 Å². The van der Waals surface area contributed by atoms with E-state index in [1.54, 1.807) is 0 Å². The summed E-state index contributed by atoms with van der Waals surface area (Å²) in [5, 5.41) is 15.6. The maximum absolute atomic E-state index is 12.9. The SMILES string of the molecule is Cc1ccc(NC(=O)Nc2cc([C@@H]3[C@@H](C(=O)O)C3(C)C)ccc2N(CC(C)C)CC(C)C)cc1. The quantitative estimate of drug-likeness (QED) is 0.391. The zero-order valence-corrected chi connectivity index (χ0v) is 21.5. The van der Waals surface area contributed by atoms with Crippen molar-refractivity contribution in [2.75, 3.05) is 28.6 Å². The van der Waals surface area contributed by atoms with Crippen molar-refractivity contribution in [3.63, 3.8) is 0 Å². The number of carbonyl (C=O) groups excluding carboxylic acids is 1. The number of aliphatic carboxylic acids is 1. The number of anilines is 3. The molecule has 3 rings (SSSR count). The van der Waals surface area contributed by atoms with Crippen LogP contribution in [0.25, 0.3) is 0 Å². The van der Waals surface area contributed by atoms with Gasteiger partial charge < -0.3 is 20.6 Å². The highest BCUT2D eigenvalue weighted by atomic mass is 16.4. The van der Waals surface area contributed by atoms with E-state index in [1.807, 2.05) is 63.2 Å². The van der Waals surface area contributed by atoms with Gasteiger partial charge in [0.25, 0.3) is 0 Å². The topological polar surface area (TPSA) is 81.7 Å². The molecule has 6 heteroatoms. The number of benzene rings is 2. The zero-order valence-electron chi connectivity index (χ0n) is 21.5. The molecule has 0 saturated heterocycles. The fourth-order valence-electron chi connectivity index (χ4n) is 4.92. The van der Waals surface area contributed by atoms with Crippen molar-refractivity contribution in [1.82, 2.24) is 0 Å². The molecule has 0 aliphatic heterocycles. The molecule has 34 heavy (non-hydrogen) atoms. The Labute approximate surface area is 203 Å². The van der Waals surface area contributed by atoms with Crippen molar-refractivity contribution in [2.45, 2.75) is 54.4 Å². The van der Waals surface area contributed by atoms with Crippen LogP contribution in [0.5, 0.6) is 0 Å². The first-order valence-corrected chi connectivity index (χ1v) is 12.2. The average molecular weight is 466 g/mol. The van der Waals surface area contributed by atoms with Gasteiger partial charge in [0, 0.05) is 24.7 Å². The average Bonchev–Trinajstić information content (AvgIpc) is 3.31. The van der Waals surface area contributed by atoms with Crippen LogP contribution < -0.4 is 15.5 Å². The van der Waals surface area contributed by atoms with Gasteiger partial charge in [-0.3, -0.25) is 4.79 Å². The zero-order chi connectivity index (χ0) is 25.2. The number of urea groups is 1. The van der Waals surface area contributed by atoms with Crippen LogP contribution in [0.3, 0.4) is 0 Å². The molecular weight excluding hydrogens is 426 g/mol. The van der Waals surface area contributed by atoms with Crippen LogP contribution >= 0.6 is 0 Å². The number of carboxylic acid groups (broad SMARTS) is 1. The van der Waals surface area contributed by atoms with E-state index in [9.17, 15) is 14.7 Å². The van der Waals surface area contributed by atoms with E-state index in [4.69, 9.17) is 0 Å². The molecule has 184 valence electrons. The minimum absolute atomic E-state index is 0.0802. The van der Waals surface area contributed by atoms with E-state index in [0.717, 1.165) is 35.6 Å². The van der Waals surface area contributed by atoms with E-state index in [0.29, 0.717) is 17.5 Å². The summed E-state index contributed by atoms with van der Waals surface area (Å²) in [6.07, 6.45) is 0. The summed E-state index contributed by atoms with van der Waals surface area (Å²) >= 11 is 0. The van der Waals surface area contributed by atoms with Crippen LogP contribution in [-0.2, 0) is 4.79 Å². The fourth-order valence-corrected chi connectivity index (χ4v) is 4.92. The Morgan fingerprint density at radius 1 is 0.971 bits per heavy atom. The molecule has 2 aromatic rings. The van der Waals surface area contributed by atoms with Gasteiger partial charge in [0.1, 0.15) is 0 Å². The normalized spacial score (nSPS) is 18.6. The number of carboxylic acids is 1. The van der Waals surface area contributed by atoms with Crippen molar-refractivity contribution >= 4 is 29.1 Å². The molecule has 0 aromatic heterocycles. The Morgan fingerprint density at radius 2 is 1.56 bits per heavy atom. The lowest BCUT2D eigenvalue weighted by Gasteiger charge is -2.31. The van der Waals surface area contributed by atoms with E-state index < -0.39 is 11.9 Å². The summed E-state index contributed by atoms with van der Waals surface area (Å²) in [4.78, 5) is 27.0. The number of nitrogens with one attached hydrogen (secondary N) is 2. The second kappa shape index (κ2) is 10.1. The number of rotatable bonds is 9. The molecule has 0 unspecified atom stereocenters. The number of amides is 2. The van der Waals surface area contributed by atoms with Crippen molar-refractivity contribution < 1.29 is 14.7 Å². The molecule has 3 N–H and O–H groups in total. The molecule has 2 atom stereocenters. The molecule has 1 aliphatic rings. The molecule has 6 nitrogen and oxygen atoms in total. The molecule has 2 amide bonds. The summed E-state index contributed by atoms with van der Waals surface area (Å²) in [6.45, 7) is 16.4. The molecule has 0 radical (unpaired) electrons. The van der Waals surface area contributed by atoms with Crippen molar-refractivity contribution in [3.05, 3.63) is 53.6 Å². The Bertz CT molecular complexity index is 1020. The van der Waals surface area contributed by atoms with Crippen LogP contribution in [0.1, 0.15) is 58.6 Å². The summed E-state index contributed by atoms with van der Waals surface area (Å²) in [6, 6.07) is 13.4. The maximum Gasteiger partial charge on any atom is 0.323 e. The number of aryl methyl sites for hydroxylation is 1. The number of hydrogen-bond acceptors (Lipinski definition) is 3. The molecular formula is C28H39N3O3. The third kappa shape index (κ3) is 5.91. The van der Waals surface area contributed by atoms with Gasteiger partial charge in [0.2, 0.25) is 0 Å². The highest BCUT2D eigenvalue weighted by Gasteiger charge is 2.62. The highest BCUT2D eigenvalue weighted by molar-refractivity contribution is 6.02. The maximum atomic E-state index is 12.9. The van der Waals surface area contributed by atoms with Gasteiger partial charge in [0.05, 0.1) is 17.3 Å². The van der Waals surface area contributed by atoms with E-state index in [1.165, 1.54) is 0 Å². The Balaban J connectivity index is 1.95. The van der Waals surface area contributed by atoms with Gasteiger partial charge >= 0.3 is 12.0 Å². The first-order valence-electron chi connectivity index (χ1n) is 12.2. The van der Waals surface area contributed by atoms with Crippen LogP contribution in [0.2, 0.25) is 0 Å². The molecule has 0 heterocycles. The minimum Gasteiger partial charge on any atom is -0.481 e.